The summed E-state index contributed by atoms with van der Waals surface area (Å²) < 4.78 is 27.3. The molecule has 2 atom stereocenters. The van der Waals surface area contributed by atoms with Crippen LogP contribution < -0.4 is 11.1 Å². The summed E-state index contributed by atoms with van der Waals surface area (Å²) in [5.74, 6) is -3.21. The number of piperidine rings is 1. The van der Waals surface area contributed by atoms with Crippen molar-refractivity contribution in [1.82, 2.24) is 9.88 Å². The molecule has 1 aromatic heterocycles. The summed E-state index contributed by atoms with van der Waals surface area (Å²) in [7, 11) is 0. The zero-order valence-electron chi connectivity index (χ0n) is 12.2. The molecular formula is C14H16F2N4O2S. The molecule has 2 aliphatic heterocycles. The normalized spacial score (nSPS) is 33.7. The van der Waals surface area contributed by atoms with Gasteiger partial charge in [0.05, 0.1) is 6.20 Å². The van der Waals surface area contributed by atoms with Gasteiger partial charge >= 0.3 is 6.03 Å². The molecule has 6 nitrogen and oxygen atoms in total. The topological polar surface area (TPSA) is 88.3 Å². The molecule has 1 saturated carbocycles. The van der Waals surface area contributed by atoms with Crippen molar-refractivity contribution in [3.8, 4) is 0 Å². The number of aromatic nitrogens is 1. The van der Waals surface area contributed by atoms with Crippen molar-refractivity contribution in [1.29, 1.82) is 0 Å². The quantitative estimate of drug-likeness (QED) is 0.865. The van der Waals surface area contributed by atoms with Crippen LogP contribution in [0.15, 0.2) is 6.20 Å². The van der Waals surface area contributed by atoms with E-state index >= 15 is 0 Å². The van der Waals surface area contributed by atoms with Crippen LogP contribution >= 0.6 is 11.3 Å². The lowest BCUT2D eigenvalue weighted by Crippen LogP contribution is -2.49. The maximum atomic E-state index is 13.6. The van der Waals surface area contributed by atoms with Gasteiger partial charge in [-0.05, 0) is 25.7 Å². The monoisotopic (exact) mass is 342 g/mol. The Morgan fingerprint density at radius 2 is 1.96 bits per heavy atom. The predicted molar refractivity (Wildman–Crippen MR) is 79.5 cm³/mol. The fourth-order valence-electron chi connectivity index (χ4n) is 4.12. The molecular weight excluding hydrogens is 326 g/mol. The molecule has 3 amide bonds. The molecule has 1 spiro atoms. The van der Waals surface area contributed by atoms with Crippen LogP contribution in [0.25, 0.3) is 0 Å². The van der Waals surface area contributed by atoms with Crippen molar-refractivity contribution in [3.05, 3.63) is 11.2 Å². The highest BCUT2D eigenvalue weighted by Gasteiger charge is 2.74. The lowest BCUT2D eigenvalue weighted by atomic mass is 9.87. The minimum Gasteiger partial charge on any atom is -0.364 e. The van der Waals surface area contributed by atoms with Gasteiger partial charge in [0.1, 0.15) is 5.00 Å². The lowest BCUT2D eigenvalue weighted by Gasteiger charge is -2.39. The van der Waals surface area contributed by atoms with Crippen LogP contribution in [0.1, 0.15) is 41.9 Å². The smallest absolute Gasteiger partial charge is 0.323 e. The summed E-state index contributed by atoms with van der Waals surface area (Å²) in [6, 6.07) is -0.577. The van der Waals surface area contributed by atoms with Gasteiger partial charge in [-0.3, -0.25) is 10.1 Å². The first-order chi connectivity index (χ1) is 10.8. The molecule has 3 fully saturated rings. The van der Waals surface area contributed by atoms with Crippen molar-refractivity contribution in [2.45, 2.75) is 50.1 Å². The highest BCUT2D eigenvalue weighted by molar-refractivity contribution is 7.17. The van der Waals surface area contributed by atoms with Crippen molar-refractivity contribution in [2.75, 3.05) is 5.32 Å². The van der Waals surface area contributed by atoms with Crippen LogP contribution in [0.3, 0.4) is 0 Å². The molecule has 124 valence electrons. The number of fused-ring (bicyclic) bond motifs is 2. The Hall–Kier alpha value is -1.77. The number of carbonyl (C=O) groups excluding carboxylic acids is 2. The number of primary amides is 1. The summed E-state index contributed by atoms with van der Waals surface area (Å²) in [6.45, 7) is 0. The SMILES string of the molecule is NC(=O)c1ncc(NC(=O)N2C3CCC2CC2(C3)CC2(F)F)s1. The van der Waals surface area contributed by atoms with Gasteiger partial charge in [0, 0.05) is 23.9 Å². The third-order valence-corrected chi connectivity index (χ3v) is 6.19. The van der Waals surface area contributed by atoms with Crippen LogP contribution in [0, 0.1) is 5.41 Å². The van der Waals surface area contributed by atoms with Gasteiger partial charge in [0.15, 0.2) is 5.01 Å². The van der Waals surface area contributed by atoms with E-state index in [1.807, 2.05) is 0 Å². The van der Waals surface area contributed by atoms with Crippen molar-refractivity contribution < 1.29 is 18.4 Å². The van der Waals surface area contributed by atoms with E-state index in [2.05, 4.69) is 10.3 Å². The number of urea groups is 1. The van der Waals surface area contributed by atoms with Gasteiger partial charge in [-0.2, -0.15) is 0 Å². The molecule has 2 bridgehead atoms. The number of carbonyl (C=O) groups is 2. The summed E-state index contributed by atoms with van der Waals surface area (Å²) in [6.07, 6.45) is 3.62. The van der Waals surface area contributed by atoms with Gasteiger partial charge in [-0.1, -0.05) is 11.3 Å². The Kier molecular flexibility index (Phi) is 2.97. The number of rotatable bonds is 2. The highest BCUT2D eigenvalue weighted by Crippen LogP contribution is 2.69. The average molecular weight is 342 g/mol. The van der Waals surface area contributed by atoms with Gasteiger partial charge in [-0.25, -0.2) is 18.6 Å². The van der Waals surface area contributed by atoms with Crippen molar-refractivity contribution in [2.24, 2.45) is 11.1 Å². The summed E-state index contributed by atoms with van der Waals surface area (Å²) in [5.41, 5.74) is 4.26. The molecule has 23 heavy (non-hydrogen) atoms. The molecule has 3 N–H and O–H groups in total. The fourth-order valence-corrected chi connectivity index (χ4v) is 4.78. The van der Waals surface area contributed by atoms with Crippen LogP contribution in [0.4, 0.5) is 18.6 Å². The van der Waals surface area contributed by atoms with Crippen LogP contribution in [-0.2, 0) is 0 Å². The Labute approximate surface area is 135 Å². The number of halogens is 2. The molecule has 3 aliphatic rings. The zero-order chi connectivity index (χ0) is 16.4. The number of nitrogens with zero attached hydrogens (tertiary/aromatic N) is 2. The predicted octanol–water partition coefficient (Wildman–Crippen LogP) is 2.43. The molecule has 2 unspecified atom stereocenters. The second kappa shape index (κ2) is 4.62. The average Bonchev–Trinajstić information content (AvgIpc) is 2.83. The highest BCUT2D eigenvalue weighted by atomic mass is 32.1. The Morgan fingerprint density at radius 3 is 2.43 bits per heavy atom. The largest absolute Gasteiger partial charge is 0.364 e. The van der Waals surface area contributed by atoms with Crippen molar-refractivity contribution >= 4 is 28.3 Å². The van der Waals surface area contributed by atoms with E-state index in [4.69, 9.17) is 5.73 Å². The van der Waals surface area contributed by atoms with E-state index in [0.29, 0.717) is 17.8 Å². The molecule has 0 radical (unpaired) electrons. The molecule has 1 aliphatic carbocycles. The Bertz CT molecular complexity index is 678. The second-order valence-electron chi connectivity index (χ2n) is 6.69. The fraction of sp³-hybridized carbons (Fsp3) is 0.643. The molecule has 2 saturated heterocycles. The number of hydrogen-bond donors (Lipinski definition) is 2. The molecule has 3 heterocycles. The first-order valence-electron chi connectivity index (χ1n) is 7.54. The van der Waals surface area contributed by atoms with Crippen LogP contribution in [0.5, 0.6) is 0 Å². The maximum absolute atomic E-state index is 13.6. The minimum atomic E-state index is -2.57. The first-order valence-corrected chi connectivity index (χ1v) is 8.36. The molecule has 4 rings (SSSR count). The van der Waals surface area contributed by atoms with Gasteiger partial charge in [0.25, 0.3) is 11.8 Å². The number of hydrogen-bond acceptors (Lipinski definition) is 4. The standard InChI is InChI=1S/C14H16F2N4O2S/c15-14(16)6-13(14)3-7-1-2-8(4-13)20(7)12(22)19-9-5-18-11(23-9)10(17)21/h5,7-8H,1-4,6H2,(H2,17,21)(H,19,22). The van der Waals surface area contributed by atoms with Gasteiger partial charge in [-0.15, -0.1) is 0 Å². The maximum Gasteiger partial charge on any atom is 0.323 e. The van der Waals surface area contributed by atoms with Gasteiger partial charge in [0.2, 0.25) is 0 Å². The van der Waals surface area contributed by atoms with Crippen LogP contribution in [0.2, 0.25) is 0 Å². The number of nitrogens with one attached hydrogen (secondary N) is 1. The molecule has 1 aromatic rings. The molecule has 9 heteroatoms. The second-order valence-corrected chi connectivity index (χ2v) is 7.72. The van der Waals surface area contributed by atoms with E-state index < -0.39 is 17.2 Å². The third-order valence-electron chi connectivity index (χ3n) is 5.27. The minimum absolute atomic E-state index is 0.0424. The van der Waals surface area contributed by atoms with E-state index in [1.54, 1.807) is 4.90 Å². The first kappa shape index (κ1) is 14.8. The number of anilines is 1. The summed E-state index contributed by atoms with van der Waals surface area (Å²) in [4.78, 5) is 29.1. The number of thiazole rings is 1. The molecule has 0 aromatic carbocycles. The van der Waals surface area contributed by atoms with E-state index in [-0.39, 0.29) is 29.5 Å². The zero-order valence-corrected chi connectivity index (χ0v) is 13.0. The Balaban J connectivity index is 1.46. The third kappa shape index (κ3) is 2.20. The summed E-state index contributed by atoms with van der Waals surface area (Å²) >= 11 is 1.00. The van der Waals surface area contributed by atoms with E-state index in [9.17, 15) is 18.4 Å². The van der Waals surface area contributed by atoms with E-state index in [0.717, 1.165) is 24.2 Å². The number of nitrogens with two attached hydrogens (primary N) is 1. The van der Waals surface area contributed by atoms with Gasteiger partial charge < -0.3 is 10.6 Å². The number of alkyl halides is 2. The Morgan fingerprint density at radius 1 is 1.35 bits per heavy atom. The number of amides is 3. The van der Waals surface area contributed by atoms with E-state index in [1.165, 1.54) is 6.20 Å². The lowest BCUT2D eigenvalue weighted by molar-refractivity contribution is 0.0186. The van der Waals surface area contributed by atoms with Crippen molar-refractivity contribution in [3.63, 3.8) is 0 Å². The van der Waals surface area contributed by atoms with Crippen LogP contribution in [-0.4, -0.2) is 39.8 Å². The summed E-state index contributed by atoms with van der Waals surface area (Å²) in [5, 5.41) is 3.26.